The third kappa shape index (κ3) is 3.33. The van der Waals surface area contributed by atoms with Gasteiger partial charge in [0, 0.05) is 16.8 Å². The summed E-state index contributed by atoms with van der Waals surface area (Å²) >= 11 is 3.30. The van der Waals surface area contributed by atoms with Crippen LogP contribution < -0.4 is 10.5 Å². The second kappa shape index (κ2) is 5.63. The van der Waals surface area contributed by atoms with E-state index in [0.717, 1.165) is 12.8 Å². The maximum Gasteiger partial charge on any atom is 0.241 e. The van der Waals surface area contributed by atoms with Crippen LogP contribution in [0.1, 0.15) is 25.3 Å². The van der Waals surface area contributed by atoms with Gasteiger partial charge >= 0.3 is 0 Å². The van der Waals surface area contributed by atoms with Crippen LogP contribution >= 0.6 is 15.9 Å². The molecule has 1 aromatic carbocycles. The van der Waals surface area contributed by atoms with Gasteiger partial charge in [-0.25, -0.2) is 13.1 Å². The van der Waals surface area contributed by atoms with Gasteiger partial charge in [0.05, 0.1) is 17.0 Å². The molecule has 20 heavy (non-hydrogen) atoms. The summed E-state index contributed by atoms with van der Waals surface area (Å²) in [5, 5.41) is 0. The van der Waals surface area contributed by atoms with Crippen LogP contribution in [0.5, 0.6) is 0 Å². The first kappa shape index (κ1) is 15.8. The highest BCUT2D eigenvalue weighted by molar-refractivity contribution is 9.10. The largest absolute Gasteiger partial charge is 0.398 e. The van der Waals surface area contributed by atoms with Gasteiger partial charge in [0.2, 0.25) is 10.0 Å². The van der Waals surface area contributed by atoms with Gasteiger partial charge in [-0.3, -0.25) is 0 Å². The van der Waals surface area contributed by atoms with Crippen molar-refractivity contribution in [1.82, 2.24) is 4.72 Å². The fraction of sp³-hybridized carbons (Fsp3) is 0.538. The molecule has 0 radical (unpaired) electrons. The maximum absolute atomic E-state index is 12.6. The fourth-order valence-electron chi connectivity index (χ4n) is 2.35. The highest BCUT2D eigenvalue weighted by Crippen LogP contribution is 2.28. The molecule has 1 atom stereocenters. The molecular weight excluding hydrogens is 344 g/mol. The predicted molar refractivity (Wildman–Crippen MR) is 82.1 cm³/mol. The number of ether oxygens (including phenoxy) is 1. The van der Waals surface area contributed by atoms with Gasteiger partial charge in [-0.1, -0.05) is 0 Å². The number of hydrogen-bond donors (Lipinski definition) is 2. The molecular formula is C13H19BrN2O3S. The number of nitrogens with two attached hydrogens (primary N) is 1. The van der Waals surface area contributed by atoms with E-state index in [0.29, 0.717) is 28.9 Å². The lowest BCUT2D eigenvalue weighted by Crippen LogP contribution is -2.51. The van der Waals surface area contributed by atoms with E-state index in [1.54, 1.807) is 13.0 Å². The topological polar surface area (TPSA) is 81.4 Å². The SMILES string of the molecule is Cc1cc(Br)c(N)cc1S(=O)(=O)NC1(C)CCCOC1. The Bertz CT molecular complexity index is 610. The van der Waals surface area contributed by atoms with Crippen molar-refractivity contribution in [3.63, 3.8) is 0 Å². The minimum Gasteiger partial charge on any atom is -0.398 e. The summed E-state index contributed by atoms with van der Waals surface area (Å²) in [5.74, 6) is 0. The van der Waals surface area contributed by atoms with Crippen molar-refractivity contribution in [3.8, 4) is 0 Å². The first-order valence-corrected chi connectivity index (χ1v) is 8.68. The van der Waals surface area contributed by atoms with E-state index in [2.05, 4.69) is 20.7 Å². The van der Waals surface area contributed by atoms with Gasteiger partial charge in [-0.15, -0.1) is 0 Å². The Hall–Kier alpha value is -0.630. The van der Waals surface area contributed by atoms with Crippen LogP contribution in [0.2, 0.25) is 0 Å². The van der Waals surface area contributed by atoms with Crippen LogP contribution in [-0.2, 0) is 14.8 Å². The quantitative estimate of drug-likeness (QED) is 0.807. The molecule has 1 aliphatic heterocycles. The smallest absolute Gasteiger partial charge is 0.241 e. The van der Waals surface area contributed by atoms with Crippen molar-refractivity contribution in [2.45, 2.75) is 37.1 Å². The zero-order valence-corrected chi connectivity index (χ0v) is 14.0. The Morgan fingerprint density at radius 2 is 2.15 bits per heavy atom. The van der Waals surface area contributed by atoms with E-state index in [9.17, 15) is 8.42 Å². The normalized spacial score (nSPS) is 23.8. The molecule has 1 aliphatic rings. The summed E-state index contributed by atoms with van der Waals surface area (Å²) in [5.41, 5.74) is 6.28. The first-order chi connectivity index (χ1) is 9.23. The highest BCUT2D eigenvalue weighted by Gasteiger charge is 2.33. The zero-order valence-electron chi connectivity index (χ0n) is 11.6. The molecule has 1 aromatic rings. The number of halogens is 1. The number of benzene rings is 1. The molecule has 1 fully saturated rings. The van der Waals surface area contributed by atoms with Crippen molar-refractivity contribution in [3.05, 3.63) is 22.2 Å². The molecule has 5 nitrogen and oxygen atoms in total. The number of hydrogen-bond acceptors (Lipinski definition) is 4. The van der Waals surface area contributed by atoms with E-state index < -0.39 is 15.6 Å². The van der Waals surface area contributed by atoms with Gasteiger partial charge in [-0.05, 0) is 60.3 Å². The number of anilines is 1. The second-order valence-corrected chi connectivity index (χ2v) is 7.97. The maximum atomic E-state index is 12.6. The molecule has 112 valence electrons. The molecule has 3 N–H and O–H groups in total. The van der Waals surface area contributed by atoms with Crippen LogP contribution in [0.25, 0.3) is 0 Å². The minimum atomic E-state index is -3.62. The van der Waals surface area contributed by atoms with E-state index in [1.807, 2.05) is 6.92 Å². The zero-order chi connectivity index (χ0) is 15.0. The Morgan fingerprint density at radius 1 is 1.45 bits per heavy atom. The molecule has 2 rings (SSSR count). The average Bonchev–Trinajstić information content (AvgIpc) is 2.33. The lowest BCUT2D eigenvalue weighted by atomic mass is 9.97. The van der Waals surface area contributed by atoms with Crippen molar-refractivity contribution < 1.29 is 13.2 Å². The molecule has 1 saturated heterocycles. The van der Waals surface area contributed by atoms with Gasteiger partial charge < -0.3 is 10.5 Å². The van der Waals surface area contributed by atoms with Gasteiger partial charge in [0.15, 0.2) is 0 Å². The Kier molecular flexibility index (Phi) is 4.44. The summed E-state index contributed by atoms with van der Waals surface area (Å²) in [6, 6.07) is 3.19. The number of rotatable bonds is 3. The number of aryl methyl sites for hydroxylation is 1. The van der Waals surface area contributed by atoms with Crippen molar-refractivity contribution in [2.24, 2.45) is 0 Å². The summed E-state index contributed by atoms with van der Waals surface area (Å²) < 4.78 is 33.9. The monoisotopic (exact) mass is 362 g/mol. The Balaban J connectivity index is 2.33. The van der Waals surface area contributed by atoms with Crippen molar-refractivity contribution in [1.29, 1.82) is 0 Å². The second-order valence-electron chi connectivity index (χ2n) is 5.46. The molecule has 0 spiro atoms. The summed E-state index contributed by atoms with van der Waals surface area (Å²) in [6.07, 6.45) is 1.61. The molecule has 0 amide bonds. The molecule has 0 bridgehead atoms. The van der Waals surface area contributed by atoms with Crippen LogP contribution in [0.3, 0.4) is 0 Å². The summed E-state index contributed by atoms with van der Waals surface area (Å²) in [4.78, 5) is 0.213. The van der Waals surface area contributed by atoms with Crippen LogP contribution in [0.15, 0.2) is 21.5 Å². The standard InChI is InChI=1S/C13H19BrN2O3S/c1-9-6-10(14)11(15)7-12(9)20(17,18)16-13(2)4-3-5-19-8-13/h6-7,16H,3-5,8,15H2,1-2H3. The Labute approximate surface area is 128 Å². The third-order valence-electron chi connectivity index (χ3n) is 3.40. The lowest BCUT2D eigenvalue weighted by molar-refractivity contribution is 0.0386. The number of nitrogen functional groups attached to an aromatic ring is 1. The van der Waals surface area contributed by atoms with Crippen LogP contribution in [0, 0.1) is 6.92 Å². The van der Waals surface area contributed by atoms with Crippen LogP contribution in [0.4, 0.5) is 5.69 Å². The average molecular weight is 363 g/mol. The predicted octanol–water partition coefficient (Wildman–Crippen LogP) is 2.19. The molecule has 0 saturated carbocycles. The highest BCUT2D eigenvalue weighted by atomic mass is 79.9. The summed E-state index contributed by atoms with van der Waals surface area (Å²) in [7, 11) is -3.62. The molecule has 1 heterocycles. The van der Waals surface area contributed by atoms with Crippen molar-refractivity contribution in [2.75, 3.05) is 18.9 Å². The molecule has 0 aromatic heterocycles. The van der Waals surface area contributed by atoms with Gasteiger partial charge in [-0.2, -0.15) is 0 Å². The first-order valence-electron chi connectivity index (χ1n) is 6.41. The van der Waals surface area contributed by atoms with E-state index in [-0.39, 0.29) is 4.90 Å². The van der Waals surface area contributed by atoms with Crippen LogP contribution in [-0.4, -0.2) is 27.2 Å². The molecule has 7 heteroatoms. The lowest BCUT2D eigenvalue weighted by Gasteiger charge is -2.34. The summed E-state index contributed by atoms with van der Waals surface area (Å²) in [6.45, 7) is 4.68. The van der Waals surface area contributed by atoms with Gasteiger partial charge in [0.25, 0.3) is 0 Å². The van der Waals surface area contributed by atoms with Gasteiger partial charge in [0.1, 0.15) is 0 Å². The number of sulfonamides is 1. The van der Waals surface area contributed by atoms with E-state index in [1.165, 1.54) is 6.07 Å². The molecule has 1 unspecified atom stereocenters. The molecule has 0 aliphatic carbocycles. The minimum absolute atomic E-state index is 0.213. The Morgan fingerprint density at radius 3 is 2.75 bits per heavy atom. The van der Waals surface area contributed by atoms with E-state index in [4.69, 9.17) is 10.5 Å². The third-order valence-corrected chi connectivity index (χ3v) is 5.87. The number of nitrogens with one attached hydrogen (secondary N) is 1. The van der Waals surface area contributed by atoms with Crippen molar-refractivity contribution >= 4 is 31.6 Å². The van der Waals surface area contributed by atoms with E-state index >= 15 is 0 Å². The fourth-order valence-corrected chi connectivity index (χ4v) is 4.49.